The zero-order valence-electron chi connectivity index (χ0n) is 7.82. The van der Waals surface area contributed by atoms with E-state index in [0.717, 1.165) is 16.5 Å². The van der Waals surface area contributed by atoms with Gasteiger partial charge in [-0.05, 0) is 6.42 Å². The van der Waals surface area contributed by atoms with Crippen LogP contribution < -0.4 is 11.1 Å². The van der Waals surface area contributed by atoms with E-state index in [1.165, 1.54) is 11.3 Å². The van der Waals surface area contributed by atoms with Crippen LogP contribution in [0.5, 0.6) is 0 Å². The highest BCUT2D eigenvalue weighted by Gasteiger charge is 2.02. The van der Waals surface area contributed by atoms with E-state index in [0.29, 0.717) is 11.6 Å². The Balaban J connectivity index is 2.13. The Morgan fingerprint density at radius 3 is 3.00 bits per heavy atom. The minimum Gasteiger partial charge on any atom is -0.374 e. The molecule has 0 unspecified atom stereocenters. The number of carbonyl (C=O) groups excluding carboxylic acids is 1. The second-order valence-corrected chi connectivity index (χ2v) is 4.88. The number of nitrogens with zero attached hydrogens (tertiary/aromatic N) is 2. The van der Waals surface area contributed by atoms with Crippen molar-refractivity contribution in [3.05, 3.63) is 0 Å². The molecule has 0 spiro atoms. The van der Waals surface area contributed by atoms with Crippen molar-refractivity contribution in [2.75, 3.05) is 18.5 Å². The smallest absolute Gasteiger partial charge is 0.219 e. The zero-order chi connectivity index (χ0) is 10.4. The lowest BCUT2D eigenvalue weighted by molar-refractivity contribution is -0.120. The molecule has 0 saturated heterocycles. The topological polar surface area (TPSA) is 80.9 Å². The van der Waals surface area contributed by atoms with Gasteiger partial charge in [0.2, 0.25) is 11.0 Å². The van der Waals surface area contributed by atoms with Gasteiger partial charge in [-0.3, -0.25) is 4.79 Å². The molecule has 0 aliphatic carbocycles. The summed E-state index contributed by atoms with van der Waals surface area (Å²) in [6.45, 7) is 0. The summed E-state index contributed by atoms with van der Waals surface area (Å²) < 4.78 is 0.861. The van der Waals surface area contributed by atoms with Crippen molar-refractivity contribution in [3.8, 4) is 0 Å². The Morgan fingerprint density at radius 1 is 1.64 bits per heavy atom. The fraction of sp³-hybridized carbons (Fsp3) is 0.571. The van der Waals surface area contributed by atoms with Crippen LogP contribution in [0.4, 0.5) is 5.13 Å². The molecule has 1 amide bonds. The lowest BCUT2D eigenvalue weighted by atomic mass is 10.3. The van der Waals surface area contributed by atoms with Gasteiger partial charge in [0, 0.05) is 19.2 Å². The van der Waals surface area contributed by atoms with Crippen molar-refractivity contribution in [2.24, 2.45) is 0 Å². The number of thioether (sulfide) groups is 1. The SMILES string of the molecule is CNC(=O)CCCSc1nnc(N)s1. The molecule has 0 radical (unpaired) electrons. The summed E-state index contributed by atoms with van der Waals surface area (Å²) in [5.74, 6) is 0.935. The molecule has 14 heavy (non-hydrogen) atoms. The normalized spacial score (nSPS) is 10.1. The summed E-state index contributed by atoms with van der Waals surface area (Å²) >= 11 is 2.95. The Labute approximate surface area is 90.5 Å². The third kappa shape index (κ3) is 3.93. The second kappa shape index (κ2) is 5.82. The largest absolute Gasteiger partial charge is 0.374 e. The van der Waals surface area contributed by atoms with Gasteiger partial charge in [0.05, 0.1) is 0 Å². The molecule has 1 aromatic rings. The van der Waals surface area contributed by atoms with Crippen molar-refractivity contribution in [1.82, 2.24) is 15.5 Å². The maximum Gasteiger partial charge on any atom is 0.219 e. The Hall–Kier alpha value is -0.820. The summed E-state index contributed by atoms with van der Waals surface area (Å²) in [6.07, 6.45) is 1.39. The van der Waals surface area contributed by atoms with Crippen LogP contribution in [0.3, 0.4) is 0 Å². The van der Waals surface area contributed by atoms with E-state index >= 15 is 0 Å². The molecule has 0 bridgehead atoms. The highest BCUT2D eigenvalue weighted by Crippen LogP contribution is 2.24. The van der Waals surface area contributed by atoms with E-state index in [1.54, 1.807) is 18.8 Å². The molecule has 78 valence electrons. The number of nitrogen functional groups attached to an aromatic ring is 1. The van der Waals surface area contributed by atoms with E-state index in [4.69, 9.17) is 5.73 Å². The van der Waals surface area contributed by atoms with Gasteiger partial charge in [-0.1, -0.05) is 23.1 Å². The van der Waals surface area contributed by atoms with Crippen molar-refractivity contribution >= 4 is 34.1 Å². The second-order valence-electron chi connectivity index (χ2n) is 2.53. The average molecular weight is 232 g/mol. The molecule has 0 aliphatic heterocycles. The number of aromatic nitrogens is 2. The number of nitrogens with one attached hydrogen (secondary N) is 1. The maximum atomic E-state index is 10.9. The average Bonchev–Trinajstić information content (AvgIpc) is 2.58. The summed E-state index contributed by atoms with van der Waals surface area (Å²) in [6, 6.07) is 0. The van der Waals surface area contributed by atoms with Crippen LogP contribution >= 0.6 is 23.1 Å². The molecule has 1 aromatic heterocycles. The number of carbonyl (C=O) groups is 1. The first-order valence-electron chi connectivity index (χ1n) is 4.14. The van der Waals surface area contributed by atoms with Crippen LogP contribution in [-0.2, 0) is 4.79 Å². The highest BCUT2D eigenvalue weighted by molar-refractivity contribution is 8.01. The van der Waals surface area contributed by atoms with Gasteiger partial charge in [-0.15, -0.1) is 10.2 Å². The number of hydrogen-bond donors (Lipinski definition) is 2. The lowest BCUT2D eigenvalue weighted by Gasteiger charge is -1.97. The third-order valence-corrected chi connectivity index (χ3v) is 3.45. The lowest BCUT2D eigenvalue weighted by Crippen LogP contribution is -2.17. The number of amides is 1. The van der Waals surface area contributed by atoms with Gasteiger partial charge in [0.1, 0.15) is 0 Å². The molecule has 1 rings (SSSR count). The molecule has 0 atom stereocenters. The van der Waals surface area contributed by atoms with Gasteiger partial charge in [-0.25, -0.2) is 0 Å². The van der Waals surface area contributed by atoms with E-state index in [-0.39, 0.29) is 5.91 Å². The first-order valence-corrected chi connectivity index (χ1v) is 5.95. The maximum absolute atomic E-state index is 10.9. The predicted octanol–water partition coefficient (Wildman–Crippen LogP) is 0.739. The molecule has 5 nitrogen and oxygen atoms in total. The van der Waals surface area contributed by atoms with E-state index < -0.39 is 0 Å². The summed E-state index contributed by atoms with van der Waals surface area (Å²) in [7, 11) is 1.64. The molecule has 7 heteroatoms. The summed E-state index contributed by atoms with van der Waals surface area (Å²) in [5.41, 5.74) is 5.42. The van der Waals surface area contributed by atoms with Gasteiger partial charge in [-0.2, -0.15) is 0 Å². The van der Waals surface area contributed by atoms with Crippen LogP contribution in [0.15, 0.2) is 4.34 Å². The molecular formula is C7H12N4OS2. The van der Waals surface area contributed by atoms with Crippen molar-refractivity contribution in [3.63, 3.8) is 0 Å². The molecule has 0 saturated carbocycles. The van der Waals surface area contributed by atoms with Crippen LogP contribution in [0.25, 0.3) is 0 Å². The van der Waals surface area contributed by atoms with Crippen LogP contribution in [0, 0.1) is 0 Å². The standard InChI is InChI=1S/C7H12N4OS2/c1-9-5(12)3-2-4-13-7-11-10-6(8)14-7/h2-4H2,1H3,(H2,8,10)(H,9,12). The highest BCUT2D eigenvalue weighted by atomic mass is 32.2. The quantitative estimate of drug-likeness (QED) is 0.578. The Morgan fingerprint density at radius 2 is 2.43 bits per heavy atom. The molecule has 0 aromatic carbocycles. The number of anilines is 1. The number of rotatable bonds is 5. The summed E-state index contributed by atoms with van der Waals surface area (Å²) in [4.78, 5) is 10.9. The summed E-state index contributed by atoms with van der Waals surface area (Å²) in [5, 5.41) is 10.6. The van der Waals surface area contributed by atoms with Crippen LogP contribution in [0.1, 0.15) is 12.8 Å². The Kier molecular flexibility index (Phi) is 4.68. The monoisotopic (exact) mass is 232 g/mol. The Bertz CT molecular complexity index is 302. The van der Waals surface area contributed by atoms with Crippen LogP contribution in [0.2, 0.25) is 0 Å². The molecule has 0 fully saturated rings. The minimum absolute atomic E-state index is 0.0716. The molecular weight excluding hydrogens is 220 g/mol. The zero-order valence-corrected chi connectivity index (χ0v) is 9.45. The predicted molar refractivity (Wildman–Crippen MR) is 58.3 cm³/mol. The fourth-order valence-corrected chi connectivity index (χ4v) is 2.44. The third-order valence-electron chi connectivity index (χ3n) is 1.47. The fourth-order valence-electron chi connectivity index (χ4n) is 0.796. The number of hydrogen-bond acceptors (Lipinski definition) is 6. The van der Waals surface area contributed by atoms with Gasteiger partial charge >= 0.3 is 0 Å². The minimum atomic E-state index is 0.0716. The van der Waals surface area contributed by atoms with Crippen molar-refractivity contribution in [2.45, 2.75) is 17.2 Å². The molecule has 0 aliphatic rings. The molecule has 1 heterocycles. The van der Waals surface area contributed by atoms with Gasteiger partial charge in [0.15, 0.2) is 4.34 Å². The molecule has 3 N–H and O–H groups in total. The first-order chi connectivity index (χ1) is 6.72. The van der Waals surface area contributed by atoms with E-state index in [2.05, 4.69) is 15.5 Å². The van der Waals surface area contributed by atoms with Gasteiger partial charge < -0.3 is 11.1 Å². The van der Waals surface area contributed by atoms with Crippen LogP contribution in [-0.4, -0.2) is 28.9 Å². The van der Waals surface area contributed by atoms with E-state index in [1.807, 2.05) is 0 Å². The number of nitrogens with two attached hydrogens (primary N) is 1. The van der Waals surface area contributed by atoms with Crippen molar-refractivity contribution < 1.29 is 4.79 Å². The van der Waals surface area contributed by atoms with E-state index in [9.17, 15) is 4.79 Å². The first kappa shape index (κ1) is 11.3. The van der Waals surface area contributed by atoms with Crippen molar-refractivity contribution in [1.29, 1.82) is 0 Å². The van der Waals surface area contributed by atoms with Gasteiger partial charge in [0.25, 0.3) is 0 Å².